The molecule has 0 bridgehead atoms. The summed E-state index contributed by atoms with van der Waals surface area (Å²) in [4.78, 5) is 15.0. The van der Waals surface area contributed by atoms with Crippen molar-refractivity contribution >= 4 is 21.8 Å². The van der Waals surface area contributed by atoms with Crippen LogP contribution in [0.25, 0.3) is 0 Å². The van der Waals surface area contributed by atoms with Gasteiger partial charge in [0.15, 0.2) is 0 Å². The SMILES string of the molecule is CC(C)(C)OC(=O)N1[C@@H](c2cccc(N(Cc3ccccc3)S(C)(=O)=O)c2)CC[C@@H]1[C@H](O)c1cccc(F)c1. The Hall–Kier alpha value is -3.43. The Morgan fingerprint density at radius 2 is 1.74 bits per heavy atom. The molecule has 0 saturated carbocycles. The largest absolute Gasteiger partial charge is 0.444 e. The second-order valence-electron chi connectivity index (χ2n) is 10.9. The number of ether oxygens (including phenoxy) is 1. The molecule has 1 heterocycles. The third kappa shape index (κ3) is 6.96. The summed E-state index contributed by atoms with van der Waals surface area (Å²) in [7, 11) is -3.62. The highest BCUT2D eigenvalue weighted by Gasteiger charge is 2.44. The van der Waals surface area contributed by atoms with Crippen LogP contribution >= 0.6 is 0 Å². The van der Waals surface area contributed by atoms with Gasteiger partial charge < -0.3 is 9.84 Å². The van der Waals surface area contributed by atoms with Gasteiger partial charge in [-0.25, -0.2) is 17.6 Å². The van der Waals surface area contributed by atoms with Crippen molar-refractivity contribution in [1.82, 2.24) is 4.90 Å². The maximum absolute atomic E-state index is 13.9. The van der Waals surface area contributed by atoms with Gasteiger partial charge in [-0.05, 0) is 74.6 Å². The molecule has 1 aliphatic rings. The summed E-state index contributed by atoms with van der Waals surface area (Å²) in [6, 6.07) is 21.0. The van der Waals surface area contributed by atoms with Crippen LogP contribution in [0.1, 0.15) is 62.4 Å². The molecule has 4 rings (SSSR count). The summed E-state index contributed by atoms with van der Waals surface area (Å²) >= 11 is 0. The van der Waals surface area contributed by atoms with Crippen LogP contribution < -0.4 is 4.31 Å². The maximum atomic E-state index is 13.9. The predicted octanol–water partition coefficient (Wildman–Crippen LogP) is 5.97. The van der Waals surface area contributed by atoms with Crippen LogP contribution in [-0.2, 0) is 21.3 Å². The summed E-state index contributed by atoms with van der Waals surface area (Å²) in [6.45, 7) is 5.46. The number of anilines is 1. The minimum absolute atomic E-state index is 0.157. The van der Waals surface area contributed by atoms with Crippen LogP contribution in [0.4, 0.5) is 14.9 Å². The lowest BCUT2D eigenvalue weighted by Crippen LogP contribution is -2.43. The molecule has 1 fully saturated rings. The molecule has 1 saturated heterocycles. The van der Waals surface area contributed by atoms with E-state index >= 15 is 0 Å². The quantitative estimate of drug-likeness (QED) is 0.389. The number of aliphatic hydroxyl groups excluding tert-OH is 1. The molecule has 0 radical (unpaired) electrons. The second kappa shape index (κ2) is 11.4. The molecule has 1 amide bonds. The van der Waals surface area contributed by atoms with Gasteiger partial charge in [-0.2, -0.15) is 0 Å². The number of rotatable bonds is 7. The van der Waals surface area contributed by atoms with Gasteiger partial charge in [-0.1, -0.05) is 54.6 Å². The third-order valence-corrected chi connectivity index (χ3v) is 7.84. The van der Waals surface area contributed by atoms with Gasteiger partial charge in [0.2, 0.25) is 10.0 Å². The van der Waals surface area contributed by atoms with Gasteiger partial charge in [0.1, 0.15) is 11.4 Å². The lowest BCUT2D eigenvalue weighted by atomic mass is 10.0. The average Bonchev–Trinajstić information content (AvgIpc) is 3.31. The highest BCUT2D eigenvalue weighted by Crippen LogP contribution is 2.43. The number of carbonyl (C=O) groups is 1. The molecular formula is C30H35FN2O5S. The second-order valence-corrected chi connectivity index (χ2v) is 12.8. The van der Waals surface area contributed by atoms with Gasteiger partial charge in [0.05, 0.1) is 36.7 Å². The van der Waals surface area contributed by atoms with E-state index in [1.54, 1.807) is 45.0 Å². The fraction of sp³-hybridized carbons (Fsp3) is 0.367. The summed E-state index contributed by atoms with van der Waals surface area (Å²) in [6.07, 6.45) is 0.395. The molecule has 1 N–H and O–H groups in total. The Morgan fingerprint density at radius 1 is 1.05 bits per heavy atom. The van der Waals surface area contributed by atoms with Crippen molar-refractivity contribution in [3.05, 3.63) is 101 Å². The molecule has 9 heteroatoms. The van der Waals surface area contributed by atoms with Crippen molar-refractivity contribution in [1.29, 1.82) is 0 Å². The van der Waals surface area contributed by atoms with Gasteiger partial charge >= 0.3 is 6.09 Å². The summed E-state index contributed by atoms with van der Waals surface area (Å²) in [5.41, 5.74) is 1.62. The van der Waals surface area contributed by atoms with Gasteiger partial charge in [0.25, 0.3) is 0 Å². The zero-order valence-corrected chi connectivity index (χ0v) is 23.4. The number of nitrogens with zero attached hydrogens (tertiary/aromatic N) is 2. The molecule has 0 spiro atoms. The Labute approximate surface area is 229 Å². The van der Waals surface area contributed by atoms with Crippen LogP contribution in [0.3, 0.4) is 0 Å². The number of hydrogen-bond donors (Lipinski definition) is 1. The first-order valence-electron chi connectivity index (χ1n) is 12.9. The first-order valence-corrected chi connectivity index (χ1v) is 14.7. The van der Waals surface area contributed by atoms with Crippen LogP contribution in [0.15, 0.2) is 78.9 Å². The minimum Gasteiger partial charge on any atom is -0.444 e. The monoisotopic (exact) mass is 554 g/mol. The van der Waals surface area contributed by atoms with E-state index < -0.39 is 45.7 Å². The third-order valence-electron chi connectivity index (χ3n) is 6.70. The molecule has 1 aliphatic heterocycles. The van der Waals surface area contributed by atoms with Gasteiger partial charge in [-0.15, -0.1) is 0 Å². The Bertz CT molecular complexity index is 1410. The number of sulfonamides is 1. The molecule has 0 aliphatic carbocycles. The molecule has 3 aromatic rings. The number of carbonyl (C=O) groups excluding carboxylic acids is 1. The zero-order chi connectivity index (χ0) is 28.4. The first-order chi connectivity index (χ1) is 18.3. The standard InChI is InChI=1S/C30H35FN2O5S/c1-30(2,3)38-29(35)33-26(16-17-27(33)28(34)23-13-8-14-24(31)18-23)22-12-9-15-25(19-22)32(39(4,36)37)20-21-10-6-5-7-11-21/h5-15,18-19,26-28,34H,16-17,20H2,1-4H3/t26-,27-,28-/m1/s1. The van der Waals surface area contributed by atoms with E-state index in [1.165, 1.54) is 27.4 Å². The first kappa shape index (κ1) is 28.6. The molecule has 208 valence electrons. The smallest absolute Gasteiger partial charge is 0.411 e. The summed E-state index contributed by atoms with van der Waals surface area (Å²) in [5.74, 6) is -0.475. The number of halogens is 1. The minimum atomic E-state index is -3.62. The topological polar surface area (TPSA) is 87.2 Å². The molecule has 3 aromatic carbocycles. The van der Waals surface area contributed by atoms with Gasteiger partial charge in [-0.3, -0.25) is 9.21 Å². The summed E-state index contributed by atoms with van der Waals surface area (Å²) in [5, 5.41) is 11.2. The van der Waals surface area contributed by atoms with E-state index in [0.29, 0.717) is 29.7 Å². The number of amides is 1. The van der Waals surface area contributed by atoms with Crippen molar-refractivity contribution in [3.63, 3.8) is 0 Å². The molecular weight excluding hydrogens is 519 g/mol. The van der Waals surface area contributed by atoms with Crippen LogP contribution in [-0.4, -0.2) is 42.4 Å². The van der Waals surface area contributed by atoms with Gasteiger partial charge in [0, 0.05) is 0 Å². The molecule has 7 nitrogen and oxygen atoms in total. The number of likely N-dealkylation sites (tertiary alicyclic amines) is 1. The molecule has 0 aromatic heterocycles. The van der Waals surface area contributed by atoms with E-state index in [1.807, 2.05) is 36.4 Å². The van der Waals surface area contributed by atoms with E-state index in [-0.39, 0.29) is 6.54 Å². The number of hydrogen-bond acceptors (Lipinski definition) is 5. The van der Waals surface area contributed by atoms with Crippen molar-refractivity contribution in [2.24, 2.45) is 0 Å². The summed E-state index contributed by atoms with van der Waals surface area (Å²) < 4.78 is 46.6. The van der Waals surface area contributed by atoms with Crippen molar-refractivity contribution < 1.29 is 27.4 Å². The lowest BCUT2D eigenvalue weighted by molar-refractivity contribution is -0.00494. The Kier molecular flexibility index (Phi) is 8.32. The fourth-order valence-corrected chi connectivity index (χ4v) is 5.88. The van der Waals surface area contributed by atoms with E-state index in [4.69, 9.17) is 4.74 Å². The van der Waals surface area contributed by atoms with Crippen molar-refractivity contribution in [2.45, 2.75) is 63.9 Å². The Morgan fingerprint density at radius 3 is 2.38 bits per heavy atom. The van der Waals surface area contributed by atoms with E-state index in [2.05, 4.69) is 0 Å². The Balaban J connectivity index is 1.71. The lowest BCUT2D eigenvalue weighted by Gasteiger charge is -2.35. The fourth-order valence-electron chi connectivity index (χ4n) is 5.00. The van der Waals surface area contributed by atoms with E-state index in [0.717, 1.165) is 11.8 Å². The van der Waals surface area contributed by atoms with Crippen molar-refractivity contribution in [2.75, 3.05) is 10.6 Å². The van der Waals surface area contributed by atoms with Crippen molar-refractivity contribution in [3.8, 4) is 0 Å². The molecule has 39 heavy (non-hydrogen) atoms. The average molecular weight is 555 g/mol. The van der Waals surface area contributed by atoms with E-state index in [9.17, 15) is 22.7 Å². The van der Waals surface area contributed by atoms with Crippen LogP contribution in [0.2, 0.25) is 0 Å². The van der Waals surface area contributed by atoms with Crippen LogP contribution in [0.5, 0.6) is 0 Å². The highest BCUT2D eigenvalue weighted by atomic mass is 32.2. The number of benzene rings is 3. The molecule has 3 atom stereocenters. The zero-order valence-electron chi connectivity index (χ0n) is 22.6. The maximum Gasteiger partial charge on any atom is 0.411 e. The van der Waals surface area contributed by atoms with Crippen LogP contribution in [0, 0.1) is 5.82 Å². The normalized spacial score (nSPS) is 18.6. The highest BCUT2D eigenvalue weighted by molar-refractivity contribution is 7.92. The predicted molar refractivity (Wildman–Crippen MR) is 149 cm³/mol. The number of aliphatic hydroxyl groups is 1. The molecule has 0 unspecified atom stereocenters.